The molecule has 1 N–H and O–H groups in total. The van der Waals surface area contributed by atoms with Crippen LogP contribution in [0.4, 0.5) is 0 Å². The van der Waals surface area contributed by atoms with E-state index < -0.39 is 0 Å². The number of aromatic nitrogens is 1. The van der Waals surface area contributed by atoms with E-state index in [1.165, 1.54) is 5.69 Å². The van der Waals surface area contributed by atoms with E-state index in [0.29, 0.717) is 5.75 Å². The molecule has 0 aliphatic heterocycles. The summed E-state index contributed by atoms with van der Waals surface area (Å²) in [4.78, 5) is 0. The van der Waals surface area contributed by atoms with Gasteiger partial charge in [0, 0.05) is 18.4 Å². The summed E-state index contributed by atoms with van der Waals surface area (Å²) in [7, 11) is 0. The van der Waals surface area contributed by atoms with Crippen LogP contribution < -0.4 is 0 Å². The minimum Gasteiger partial charge on any atom is -0.508 e. The number of hydrogen-bond donors (Lipinski definition) is 1. The summed E-state index contributed by atoms with van der Waals surface area (Å²) < 4.78 is 2.17. The van der Waals surface area contributed by atoms with Crippen LogP contribution in [0.3, 0.4) is 0 Å². The van der Waals surface area contributed by atoms with E-state index in [-0.39, 0.29) is 0 Å². The highest BCUT2D eigenvalue weighted by Gasteiger charge is 1.92. The van der Waals surface area contributed by atoms with Crippen LogP contribution in [0.15, 0.2) is 48.7 Å². The highest BCUT2D eigenvalue weighted by Crippen LogP contribution is 2.12. The Labute approximate surface area is 95.5 Å². The summed E-state index contributed by atoms with van der Waals surface area (Å²) in [5.41, 5.74) is 2.27. The number of allylic oxidation sites excluding steroid dienone is 1. The van der Waals surface area contributed by atoms with E-state index in [0.717, 1.165) is 12.1 Å². The second-order valence-electron chi connectivity index (χ2n) is 3.80. The molecular weight excluding hydrogens is 198 g/mol. The zero-order valence-electron chi connectivity index (χ0n) is 9.30. The molecule has 2 heteroatoms. The molecule has 1 aromatic carbocycles. The first kappa shape index (κ1) is 10.6. The van der Waals surface area contributed by atoms with Crippen molar-refractivity contribution in [3.63, 3.8) is 0 Å². The maximum absolute atomic E-state index is 9.30. The van der Waals surface area contributed by atoms with Gasteiger partial charge in [0.15, 0.2) is 0 Å². The van der Waals surface area contributed by atoms with Gasteiger partial charge in [-0.2, -0.15) is 0 Å². The van der Waals surface area contributed by atoms with Gasteiger partial charge in [-0.25, -0.2) is 0 Å². The van der Waals surface area contributed by atoms with Gasteiger partial charge in [-0.1, -0.05) is 24.3 Å². The monoisotopic (exact) mass is 213 g/mol. The van der Waals surface area contributed by atoms with Gasteiger partial charge >= 0.3 is 0 Å². The number of hydrogen-bond acceptors (Lipinski definition) is 1. The van der Waals surface area contributed by atoms with Crippen LogP contribution in [-0.2, 0) is 6.54 Å². The zero-order valence-corrected chi connectivity index (χ0v) is 9.30. The van der Waals surface area contributed by atoms with Gasteiger partial charge in [0.05, 0.1) is 0 Å². The molecule has 0 aliphatic carbocycles. The molecule has 0 saturated carbocycles. The Bertz CT molecular complexity index is 497. The fourth-order valence-electron chi connectivity index (χ4n) is 1.64. The summed E-state index contributed by atoms with van der Waals surface area (Å²) in [6.07, 6.45) is 6.16. The predicted molar refractivity (Wildman–Crippen MR) is 66.3 cm³/mol. The number of rotatable bonds is 3. The van der Waals surface area contributed by atoms with Gasteiger partial charge in [-0.3, -0.25) is 0 Å². The van der Waals surface area contributed by atoms with Crippen LogP contribution in [0.2, 0.25) is 0 Å². The Hall–Kier alpha value is -1.96. The van der Waals surface area contributed by atoms with Crippen molar-refractivity contribution in [3.05, 3.63) is 59.9 Å². The van der Waals surface area contributed by atoms with Crippen LogP contribution in [0.5, 0.6) is 5.75 Å². The number of phenols is 1. The third kappa shape index (κ3) is 2.54. The molecule has 0 radical (unpaired) electrons. The van der Waals surface area contributed by atoms with Crippen molar-refractivity contribution in [2.75, 3.05) is 0 Å². The van der Waals surface area contributed by atoms with Crippen molar-refractivity contribution in [3.8, 4) is 5.75 Å². The molecule has 82 valence electrons. The maximum Gasteiger partial charge on any atom is 0.116 e. The third-order valence-corrected chi connectivity index (χ3v) is 2.54. The van der Waals surface area contributed by atoms with E-state index in [2.05, 4.69) is 29.8 Å². The van der Waals surface area contributed by atoms with Gasteiger partial charge in [0.1, 0.15) is 5.75 Å². The average molecular weight is 213 g/mol. The molecule has 0 saturated heterocycles. The second kappa shape index (κ2) is 4.71. The van der Waals surface area contributed by atoms with E-state index in [4.69, 9.17) is 0 Å². The van der Waals surface area contributed by atoms with Gasteiger partial charge < -0.3 is 9.67 Å². The van der Waals surface area contributed by atoms with E-state index >= 15 is 0 Å². The lowest BCUT2D eigenvalue weighted by Gasteiger charge is -2.01. The summed E-state index contributed by atoms with van der Waals surface area (Å²) in [5, 5.41) is 9.30. The maximum atomic E-state index is 9.30. The van der Waals surface area contributed by atoms with Crippen LogP contribution in [-0.4, -0.2) is 9.67 Å². The van der Waals surface area contributed by atoms with Gasteiger partial charge in [-0.15, -0.1) is 0 Å². The standard InChI is InChI=1S/C14H15NO/c1-12-5-3-9-15(12)10-4-7-13-6-2-8-14(16)11-13/h2-9,11,16H,10H2,1H3/b7-4+. The van der Waals surface area contributed by atoms with Gasteiger partial charge in [0.2, 0.25) is 0 Å². The highest BCUT2D eigenvalue weighted by molar-refractivity contribution is 5.51. The smallest absolute Gasteiger partial charge is 0.116 e. The number of aromatic hydroxyl groups is 1. The predicted octanol–water partition coefficient (Wildman–Crippen LogP) is 3.22. The van der Waals surface area contributed by atoms with Crippen LogP contribution in [0.25, 0.3) is 6.08 Å². The molecule has 1 heterocycles. The molecule has 2 rings (SSSR count). The lowest BCUT2D eigenvalue weighted by molar-refractivity contribution is 0.475. The van der Waals surface area contributed by atoms with Crippen molar-refractivity contribution in [2.45, 2.75) is 13.5 Å². The van der Waals surface area contributed by atoms with Crippen molar-refractivity contribution >= 4 is 6.08 Å². The molecule has 0 fully saturated rings. The molecule has 1 aromatic heterocycles. The van der Waals surface area contributed by atoms with Crippen LogP contribution >= 0.6 is 0 Å². The number of phenolic OH excluding ortho intramolecular Hbond substituents is 1. The minimum absolute atomic E-state index is 0.305. The topological polar surface area (TPSA) is 25.2 Å². The first-order valence-electron chi connectivity index (χ1n) is 5.33. The Morgan fingerprint density at radius 3 is 2.81 bits per heavy atom. The molecule has 0 aliphatic rings. The first-order valence-corrected chi connectivity index (χ1v) is 5.33. The van der Waals surface area contributed by atoms with Crippen molar-refractivity contribution in [1.29, 1.82) is 0 Å². The van der Waals surface area contributed by atoms with Crippen LogP contribution in [0, 0.1) is 6.92 Å². The van der Waals surface area contributed by atoms with Crippen molar-refractivity contribution < 1.29 is 5.11 Å². The molecule has 0 spiro atoms. The Morgan fingerprint density at radius 2 is 2.12 bits per heavy atom. The van der Waals surface area contributed by atoms with E-state index in [9.17, 15) is 5.11 Å². The number of benzene rings is 1. The van der Waals surface area contributed by atoms with Crippen LogP contribution in [0.1, 0.15) is 11.3 Å². The fraction of sp³-hybridized carbons (Fsp3) is 0.143. The SMILES string of the molecule is Cc1cccn1C/C=C/c1cccc(O)c1. The van der Waals surface area contributed by atoms with Gasteiger partial charge in [-0.05, 0) is 36.8 Å². The highest BCUT2D eigenvalue weighted by atomic mass is 16.3. The van der Waals surface area contributed by atoms with E-state index in [1.54, 1.807) is 12.1 Å². The minimum atomic E-state index is 0.305. The molecule has 16 heavy (non-hydrogen) atoms. The van der Waals surface area contributed by atoms with Crippen molar-refractivity contribution in [2.24, 2.45) is 0 Å². The summed E-state index contributed by atoms with van der Waals surface area (Å²) in [6, 6.07) is 11.4. The Balaban J connectivity index is 2.03. The molecule has 0 atom stereocenters. The average Bonchev–Trinajstić information content (AvgIpc) is 2.65. The summed E-state index contributed by atoms with van der Waals surface area (Å²) in [6.45, 7) is 2.94. The van der Waals surface area contributed by atoms with Gasteiger partial charge in [0.25, 0.3) is 0 Å². The van der Waals surface area contributed by atoms with E-state index in [1.807, 2.05) is 24.3 Å². The Morgan fingerprint density at radius 1 is 1.25 bits per heavy atom. The lowest BCUT2D eigenvalue weighted by atomic mass is 10.2. The molecule has 0 unspecified atom stereocenters. The second-order valence-corrected chi connectivity index (χ2v) is 3.80. The summed E-state index contributed by atoms with van der Waals surface area (Å²) in [5.74, 6) is 0.305. The summed E-state index contributed by atoms with van der Waals surface area (Å²) >= 11 is 0. The molecule has 0 bridgehead atoms. The molecular formula is C14H15NO. The lowest BCUT2D eigenvalue weighted by Crippen LogP contribution is -1.94. The third-order valence-electron chi connectivity index (χ3n) is 2.54. The van der Waals surface area contributed by atoms with Crippen molar-refractivity contribution in [1.82, 2.24) is 4.57 Å². The number of aryl methyl sites for hydroxylation is 1. The number of nitrogens with zero attached hydrogens (tertiary/aromatic N) is 1. The molecule has 2 aromatic rings. The quantitative estimate of drug-likeness (QED) is 0.832. The normalized spacial score (nSPS) is 11.1. The zero-order chi connectivity index (χ0) is 11.4. The molecule has 2 nitrogen and oxygen atoms in total. The molecule has 0 amide bonds. The Kier molecular flexibility index (Phi) is 3.10. The first-order chi connectivity index (χ1) is 7.75. The fourth-order valence-corrected chi connectivity index (χ4v) is 1.64. The largest absolute Gasteiger partial charge is 0.508 e.